The summed E-state index contributed by atoms with van der Waals surface area (Å²) >= 11 is 5.87. The SMILES string of the molecule is C[C@H](Nc1cnn(C)c(=O)c1Cl)C(=O)N(C)C. The Labute approximate surface area is 104 Å². The second-order valence-electron chi connectivity index (χ2n) is 3.90. The van der Waals surface area contributed by atoms with Crippen LogP contribution in [0, 0.1) is 0 Å². The van der Waals surface area contributed by atoms with Crippen molar-refractivity contribution < 1.29 is 4.79 Å². The third kappa shape index (κ3) is 2.97. The number of carbonyl (C=O) groups is 1. The van der Waals surface area contributed by atoms with Gasteiger partial charge in [-0.1, -0.05) is 11.6 Å². The number of amides is 1. The monoisotopic (exact) mass is 258 g/mol. The van der Waals surface area contributed by atoms with Crippen LogP contribution in [-0.2, 0) is 11.8 Å². The molecule has 1 aromatic heterocycles. The van der Waals surface area contributed by atoms with Gasteiger partial charge in [0.15, 0.2) is 0 Å². The summed E-state index contributed by atoms with van der Waals surface area (Å²) in [4.78, 5) is 24.6. The molecule has 6 nitrogen and oxygen atoms in total. The van der Waals surface area contributed by atoms with Gasteiger partial charge in [0.2, 0.25) is 5.91 Å². The molecule has 0 spiro atoms. The Morgan fingerprint density at radius 1 is 1.59 bits per heavy atom. The molecule has 7 heteroatoms. The topological polar surface area (TPSA) is 67.2 Å². The number of rotatable bonds is 3. The van der Waals surface area contributed by atoms with Crippen molar-refractivity contribution >= 4 is 23.2 Å². The van der Waals surface area contributed by atoms with Crippen LogP contribution in [0.3, 0.4) is 0 Å². The second kappa shape index (κ2) is 5.18. The normalized spacial score (nSPS) is 12.1. The van der Waals surface area contributed by atoms with Crippen LogP contribution >= 0.6 is 11.6 Å². The van der Waals surface area contributed by atoms with E-state index in [0.717, 1.165) is 4.68 Å². The van der Waals surface area contributed by atoms with Crippen LogP contribution in [0.5, 0.6) is 0 Å². The van der Waals surface area contributed by atoms with Gasteiger partial charge < -0.3 is 10.2 Å². The van der Waals surface area contributed by atoms with Crippen LogP contribution in [0.1, 0.15) is 6.92 Å². The van der Waals surface area contributed by atoms with E-state index < -0.39 is 11.6 Å². The molecule has 0 fully saturated rings. The van der Waals surface area contributed by atoms with Crippen molar-refractivity contribution in [3.05, 3.63) is 21.6 Å². The quantitative estimate of drug-likeness (QED) is 0.848. The molecule has 0 aliphatic rings. The van der Waals surface area contributed by atoms with Crippen LogP contribution in [0.15, 0.2) is 11.0 Å². The van der Waals surface area contributed by atoms with Crippen molar-refractivity contribution in [2.75, 3.05) is 19.4 Å². The third-order valence-corrected chi connectivity index (χ3v) is 2.63. The maximum atomic E-state index is 11.6. The van der Waals surface area contributed by atoms with E-state index in [2.05, 4.69) is 10.4 Å². The maximum absolute atomic E-state index is 11.6. The van der Waals surface area contributed by atoms with Gasteiger partial charge in [-0.05, 0) is 6.92 Å². The van der Waals surface area contributed by atoms with E-state index in [0.29, 0.717) is 5.69 Å². The first-order chi connectivity index (χ1) is 7.84. The fourth-order valence-electron chi connectivity index (χ4n) is 1.29. The first kappa shape index (κ1) is 13.5. The molecular formula is C10H15ClN4O2. The zero-order chi connectivity index (χ0) is 13.2. The Morgan fingerprint density at radius 2 is 2.18 bits per heavy atom. The van der Waals surface area contributed by atoms with E-state index in [1.165, 1.54) is 18.1 Å². The minimum atomic E-state index is -0.476. The van der Waals surface area contributed by atoms with Crippen molar-refractivity contribution in [2.45, 2.75) is 13.0 Å². The van der Waals surface area contributed by atoms with Gasteiger partial charge in [0.25, 0.3) is 5.56 Å². The smallest absolute Gasteiger partial charge is 0.287 e. The highest BCUT2D eigenvalue weighted by Gasteiger charge is 2.17. The Hall–Kier alpha value is -1.56. The van der Waals surface area contributed by atoms with Gasteiger partial charge in [-0.2, -0.15) is 5.10 Å². The molecule has 0 aliphatic carbocycles. The summed E-state index contributed by atoms with van der Waals surface area (Å²) < 4.78 is 1.13. The van der Waals surface area contributed by atoms with Crippen LogP contribution in [0.2, 0.25) is 5.02 Å². The minimum Gasteiger partial charge on any atom is -0.371 e. The summed E-state index contributed by atoms with van der Waals surface area (Å²) in [5.74, 6) is -0.109. The van der Waals surface area contributed by atoms with E-state index in [4.69, 9.17) is 11.6 Å². The first-order valence-electron chi connectivity index (χ1n) is 5.04. The average molecular weight is 259 g/mol. The van der Waals surface area contributed by atoms with Gasteiger partial charge >= 0.3 is 0 Å². The van der Waals surface area contributed by atoms with E-state index in [1.807, 2.05) is 0 Å². The standard InChI is InChI=1S/C10H15ClN4O2/c1-6(9(16)14(2)3)13-7-5-12-15(4)10(17)8(7)11/h5-6,13H,1-4H3/t6-/m0/s1. The van der Waals surface area contributed by atoms with Crippen LogP contribution < -0.4 is 10.9 Å². The number of aryl methyl sites for hydroxylation is 1. The third-order valence-electron chi connectivity index (χ3n) is 2.26. The molecule has 0 aliphatic heterocycles. The predicted octanol–water partition coefficient (Wildman–Crippen LogP) is 0.322. The Morgan fingerprint density at radius 3 is 2.71 bits per heavy atom. The van der Waals surface area contributed by atoms with Crippen molar-refractivity contribution in [1.82, 2.24) is 14.7 Å². The number of halogens is 1. The molecular weight excluding hydrogens is 244 g/mol. The molecule has 0 saturated heterocycles. The van der Waals surface area contributed by atoms with Crippen molar-refractivity contribution in [1.29, 1.82) is 0 Å². The lowest BCUT2D eigenvalue weighted by atomic mass is 10.3. The van der Waals surface area contributed by atoms with Gasteiger partial charge in [0, 0.05) is 21.1 Å². The molecule has 0 bridgehead atoms. The molecule has 1 N–H and O–H groups in total. The molecule has 0 radical (unpaired) electrons. The zero-order valence-electron chi connectivity index (χ0n) is 10.2. The van der Waals surface area contributed by atoms with Gasteiger partial charge in [-0.15, -0.1) is 0 Å². The van der Waals surface area contributed by atoms with E-state index >= 15 is 0 Å². The van der Waals surface area contributed by atoms with Crippen LogP contribution in [0.4, 0.5) is 5.69 Å². The molecule has 0 unspecified atom stereocenters. The van der Waals surface area contributed by atoms with Gasteiger partial charge in [-0.25, -0.2) is 4.68 Å². The fraction of sp³-hybridized carbons (Fsp3) is 0.500. The first-order valence-corrected chi connectivity index (χ1v) is 5.42. The lowest BCUT2D eigenvalue weighted by molar-refractivity contribution is -0.129. The molecule has 1 aromatic rings. The summed E-state index contributed by atoms with van der Waals surface area (Å²) in [7, 11) is 4.82. The van der Waals surface area contributed by atoms with Crippen molar-refractivity contribution in [3.63, 3.8) is 0 Å². The Kier molecular flexibility index (Phi) is 4.11. The number of anilines is 1. The average Bonchev–Trinajstić information content (AvgIpc) is 2.28. The fourth-order valence-corrected chi connectivity index (χ4v) is 1.52. The Bertz CT molecular complexity index is 484. The lowest BCUT2D eigenvalue weighted by Crippen LogP contribution is -2.37. The van der Waals surface area contributed by atoms with Gasteiger partial charge in [-0.3, -0.25) is 9.59 Å². The number of likely N-dealkylation sites (N-methyl/N-ethyl adjacent to an activating group) is 1. The highest BCUT2D eigenvalue weighted by Crippen LogP contribution is 2.16. The zero-order valence-corrected chi connectivity index (χ0v) is 10.9. The largest absolute Gasteiger partial charge is 0.371 e. The summed E-state index contributed by atoms with van der Waals surface area (Å²) in [5, 5.41) is 6.72. The molecule has 1 rings (SSSR count). The van der Waals surface area contributed by atoms with Gasteiger partial charge in [0.05, 0.1) is 11.9 Å². The second-order valence-corrected chi connectivity index (χ2v) is 4.28. The summed E-state index contributed by atoms with van der Waals surface area (Å²) in [6, 6.07) is -0.476. The number of nitrogens with one attached hydrogen (secondary N) is 1. The number of nitrogens with zero attached hydrogens (tertiary/aromatic N) is 3. The molecule has 94 valence electrons. The highest BCUT2D eigenvalue weighted by molar-refractivity contribution is 6.33. The minimum absolute atomic E-state index is 0.0286. The predicted molar refractivity (Wildman–Crippen MR) is 66.3 cm³/mol. The lowest BCUT2D eigenvalue weighted by Gasteiger charge is -2.19. The van der Waals surface area contributed by atoms with E-state index in [-0.39, 0.29) is 10.9 Å². The van der Waals surface area contributed by atoms with Crippen molar-refractivity contribution in [3.8, 4) is 0 Å². The summed E-state index contributed by atoms with van der Waals surface area (Å²) in [6.07, 6.45) is 1.42. The number of hydrogen-bond donors (Lipinski definition) is 1. The number of hydrogen-bond acceptors (Lipinski definition) is 4. The molecule has 0 aromatic carbocycles. The van der Waals surface area contributed by atoms with Crippen molar-refractivity contribution in [2.24, 2.45) is 7.05 Å². The van der Waals surface area contributed by atoms with Crippen LogP contribution in [0.25, 0.3) is 0 Å². The number of carbonyl (C=O) groups excluding carboxylic acids is 1. The maximum Gasteiger partial charge on any atom is 0.287 e. The molecule has 1 atom stereocenters. The number of aromatic nitrogens is 2. The molecule has 0 saturated carbocycles. The van der Waals surface area contributed by atoms with Gasteiger partial charge in [0.1, 0.15) is 11.1 Å². The molecule has 17 heavy (non-hydrogen) atoms. The summed E-state index contributed by atoms with van der Waals surface area (Å²) in [5.41, 5.74) is -0.0429. The Balaban J connectivity index is 2.94. The highest BCUT2D eigenvalue weighted by atomic mass is 35.5. The van der Waals surface area contributed by atoms with E-state index in [1.54, 1.807) is 21.0 Å². The molecule has 1 heterocycles. The van der Waals surface area contributed by atoms with Crippen LogP contribution in [-0.4, -0.2) is 40.7 Å². The molecule has 1 amide bonds. The van der Waals surface area contributed by atoms with E-state index in [9.17, 15) is 9.59 Å². The summed E-state index contributed by atoms with van der Waals surface area (Å²) in [6.45, 7) is 1.69.